The molecular weight excluding hydrogens is 206 g/mol. The number of aryl methyl sites for hydroxylation is 1. The first kappa shape index (κ1) is 11.5. The second-order valence-electron chi connectivity index (χ2n) is 4.62. The molecule has 0 radical (unpaired) electrons. The lowest BCUT2D eigenvalue weighted by Gasteiger charge is -2.29. The molecule has 1 heterocycles. The van der Waals surface area contributed by atoms with E-state index in [0.29, 0.717) is 5.69 Å². The maximum absolute atomic E-state index is 10.1. The third-order valence-corrected chi connectivity index (χ3v) is 3.51. The van der Waals surface area contributed by atoms with E-state index in [2.05, 4.69) is 10.3 Å². The maximum atomic E-state index is 10.1. The average Bonchev–Trinajstić information content (AvgIpc) is 2.75. The van der Waals surface area contributed by atoms with Crippen LogP contribution in [0.1, 0.15) is 43.9 Å². The molecule has 0 aromatic carbocycles. The van der Waals surface area contributed by atoms with Gasteiger partial charge in [-0.3, -0.25) is 0 Å². The number of nitrogens with zero attached hydrogens (tertiary/aromatic N) is 3. The number of aliphatic hydroxyl groups is 2. The lowest BCUT2D eigenvalue weighted by molar-refractivity contribution is -0.0321. The molecule has 2 N–H and O–H groups in total. The Hall–Kier alpha value is -0.940. The van der Waals surface area contributed by atoms with Crippen LogP contribution in [0.4, 0.5) is 0 Å². The fourth-order valence-corrected chi connectivity index (χ4v) is 2.47. The Kier molecular flexibility index (Phi) is 3.56. The van der Waals surface area contributed by atoms with Crippen LogP contribution < -0.4 is 0 Å². The summed E-state index contributed by atoms with van der Waals surface area (Å²) in [4.78, 5) is 0. The van der Waals surface area contributed by atoms with E-state index in [1.54, 1.807) is 7.05 Å². The zero-order valence-corrected chi connectivity index (χ0v) is 9.58. The van der Waals surface area contributed by atoms with Gasteiger partial charge in [0.15, 0.2) is 0 Å². The van der Waals surface area contributed by atoms with Crippen molar-refractivity contribution >= 4 is 0 Å². The van der Waals surface area contributed by atoms with Gasteiger partial charge in [-0.1, -0.05) is 24.5 Å². The van der Waals surface area contributed by atoms with Crippen LogP contribution in [-0.2, 0) is 7.05 Å². The molecule has 0 amide bonds. The van der Waals surface area contributed by atoms with E-state index in [0.717, 1.165) is 25.7 Å². The Labute approximate surface area is 95.1 Å². The van der Waals surface area contributed by atoms with Gasteiger partial charge >= 0.3 is 0 Å². The summed E-state index contributed by atoms with van der Waals surface area (Å²) >= 11 is 0. The summed E-state index contributed by atoms with van der Waals surface area (Å²) in [5.74, 6) is 0.207. The average molecular weight is 225 g/mol. The first-order valence-electron chi connectivity index (χ1n) is 5.91. The van der Waals surface area contributed by atoms with Gasteiger partial charge in [0.2, 0.25) is 0 Å². The normalized spacial score (nSPS) is 21.9. The largest absolute Gasteiger partial charge is 0.390 e. The highest BCUT2D eigenvalue weighted by molar-refractivity contribution is 5.02. The number of rotatable bonds is 3. The van der Waals surface area contributed by atoms with Crippen molar-refractivity contribution in [3.05, 3.63) is 11.9 Å². The van der Waals surface area contributed by atoms with Crippen molar-refractivity contribution in [3.63, 3.8) is 0 Å². The predicted octanol–water partition coefficient (Wildman–Crippen LogP) is 0.790. The molecule has 5 nitrogen and oxygen atoms in total. The maximum Gasteiger partial charge on any atom is 0.123 e. The SMILES string of the molecule is Cn1nncc1C(O)C(O)C1CCCCC1. The fourth-order valence-electron chi connectivity index (χ4n) is 2.47. The van der Waals surface area contributed by atoms with Gasteiger partial charge in [-0.25, -0.2) is 4.68 Å². The zero-order valence-electron chi connectivity index (χ0n) is 9.58. The summed E-state index contributed by atoms with van der Waals surface area (Å²) in [6.45, 7) is 0. The second kappa shape index (κ2) is 4.93. The third kappa shape index (κ3) is 2.25. The standard InChI is InChI=1S/C11H19N3O2/c1-14-9(7-12-13-14)11(16)10(15)8-5-3-2-4-6-8/h7-8,10-11,15-16H,2-6H2,1H3. The van der Waals surface area contributed by atoms with Crippen LogP contribution in [-0.4, -0.2) is 31.3 Å². The highest BCUT2D eigenvalue weighted by atomic mass is 16.3. The molecule has 2 rings (SSSR count). The molecule has 1 aromatic rings. The summed E-state index contributed by atoms with van der Waals surface area (Å²) < 4.78 is 1.51. The van der Waals surface area contributed by atoms with Crippen molar-refractivity contribution in [1.82, 2.24) is 15.0 Å². The van der Waals surface area contributed by atoms with Crippen molar-refractivity contribution in [2.45, 2.75) is 44.3 Å². The highest BCUT2D eigenvalue weighted by Gasteiger charge is 2.30. The van der Waals surface area contributed by atoms with Crippen molar-refractivity contribution in [2.75, 3.05) is 0 Å². The second-order valence-corrected chi connectivity index (χ2v) is 4.62. The topological polar surface area (TPSA) is 71.2 Å². The van der Waals surface area contributed by atoms with Gasteiger partial charge in [0.1, 0.15) is 6.10 Å². The zero-order chi connectivity index (χ0) is 11.5. The van der Waals surface area contributed by atoms with Crippen LogP contribution in [0, 0.1) is 5.92 Å². The van der Waals surface area contributed by atoms with Crippen LogP contribution in [0.5, 0.6) is 0 Å². The molecule has 2 atom stereocenters. The van der Waals surface area contributed by atoms with Gasteiger partial charge in [0.25, 0.3) is 0 Å². The van der Waals surface area contributed by atoms with E-state index in [1.165, 1.54) is 17.3 Å². The van der Waals surface area contributed by atoms with E-state index in [-0.39, 0.29) is 5.92 Å². The quantitative estimate of drug-likeness (QED) is 0.797. The van der Waals surface area contributed by atoms with Crippen LogP contribution in [0.3, 0.4) is 0 Å². The molecule has 1 aromatic heterocycles. The van der Waals surface area contributed by atoms with Crippen molar-refractivity contribution in [3.8, 4) is 0 Å². The summed E-state index contributed by atoms with van der Waals surface area (Å²) in [7, 11) is 1.72. The van der Waals surface area contributed by atoms with Gasteiger partial charge in [0.05, 0.1) is 18.0 Å². The van der Waals surface area contributed by atoms with E-state index in [4.69, 9.17) is 0 Å². The molecule has 2 unspecified atom stereocenters. The van der Waals surface area contributed by atoms with E-state index in [1.807, 2.05) is 0 Å². The van der Waals surface area contributed by atoms with E-state index in [9.17, 15) is 10.2 Å². The van der Waals surface area contributed by atoms with Crippen LogP contribution in [0.25, 0.3) is 0 Å². The van der Waals surface area contributed by atoms with E-state index >= 15 is 0 Å². The van der Waals surface area contributed by atoms with Gasteiger partial charge in [-0.15, -0.1) is 5.10 Å². The molecule has 5 heteroatoms. The molecule has 1 aliphatic carbocycles. The molecule has 1 fully saturated rings. The molecular formula is C11H19N3O2. The third-order valence-electron chi connectivity index (χ3n) is 3.51. The fraction of sp³-hybridized carbons (Fsp3) is 0.818. The minimum Gasteiger partial charge on any atom is -0.390 e. The molecule has 1 aliphatic rings. The van der Waals surface area contributed by atoms with Gasteiger partial charge in [-0.2, -0.15) is 0 Å². The van der Waals surface area contributed by atoms with E-state index < -0.39 is 12.2 Å². The molecule has 1 saturated carbocycles. The molecule has 16 heavy (non-hydrogen) atoms. The summed E-state index contributed by atoms with van der Waals surface area (Å²) in [5, 5.41) is 27.7. The minimum atomic E-state index is -0.872. The predicted molar refractivity (Wildman–Crippen MR) is 58.5 cm³/mol. The number of hydrogen-bond acceptors (Lipinski definition) is 4. The Morgan fingerprint density at radius 3 is 2.56 bits per heavy atom. The Balaban J connectivity index is 2.03. The Bertz CT molecular complexity index is 334. The summed E-state index contributed by atoms with van der Waals surface area (Å²) in [6, 6.07) is 0. The number of aliphatic hydroxyl groups excluding tert-OH is 2. The highest BCUT2D eigenvalue weighted by Crippen LogP contribution is 2.31. The number of hydrogen-bond donors (Lipinski definition) is 2. The van der Waals surface area contributed by atoms with Crippen molar-refractivity contribution in [2.24, 2.45) is 13.0 Å². The molecule has 0 saturated heterocycles. The Morgan fingerprint density at radius 2 is 2.00 bits per heavy atom. The minimum absolute atomic E-state index is 0.207. The molecule has 0 bridgehead atoms. The Morgan fingerprint density at radius 1 is 1.31 bits per heavy atom. The first-order valence-corrected chi connectivity index (χ1v) is 5.91. The van der Waals surface area contributed by atoms with Crippen molar-refractivity contribution in [1.29, 1.82) is 0 Å². The van der Waals surface area contributed by atoms with Gasteiger partial charge in [0, 0.05) is 7.05 Å². The molecule has 90 valence electrons. The van der Waals surface area contributed by atoms with Gasteiger partial charge in [-0.05, 0) is 18.8 Å². The summed E-state index contributed by atoms with van der Waals surface area (Å²) in [6.07, 6.45) is 5.49. The van der Waals surface area contributed by atoms with Crippen LogP contribution in [0.15, 0.2) is 6.20 Å². The van der Waals surface area contributed by atoms with Gasteiger partial charge < -0.3 is 10.2 Å². The lowest BCUT2D eigenvalue weighted by Crippen LogP contribution is -2.30. The van der Waals surface area contributed by atoms with Crippen molar-refractivity contribution < 1.29 is 10.2 Å². The monoisotopic (exact) mass is 225 g/mol. The summed E-state index contributed by atoms with van der Waals surface area (Å²) in [5.41, 5.74) is 0.582. The van der Waals surface area contributed by atoms with Crippen LogP contribution in [0.2, 0.25) is 0 Å². The number of aromatic nitrogens is 3. The first-order chi connectivity index (χ1) is 7.70. The molecule has 0 spiro atoms. The lowest BCUT2D eigenvalue weighted by atomic mass is 9.83. The van der Waals surface area contributed by atoms with Crippen LogP contribution >= 0.6 is 0 Å². The molecule has 0 aliphatic heterocycles. The smallest absolute Gasteiger partial charge is 0.123 e.